The van der Waals surface area contributed by atoms with Crippen LogP contribution in [0.15, 0.2) is 46.1 Å². The zero-order valence-electron chi connectivity index (χ0n) is 9.02. The van der Waals surface area contributed by atoms with Gasteiger partial charge in [0.25, 0.3) is 0 Å². The van der Waals surface area contributed by atoms with Gasteiger partial charge in [0.1, 0.15) is 15.3 Å². The molecule has 0 fully saturated rings. The van der Waals surface area contributed by atoms with Crippen molar-refractivity contribution < 1.29 is 0 Å². The van der Waals surface area contributed by atoms with Crippen molar-refractivity contribution in [1.29, 1.82) is 0 Å². The number of halogens is 2. The van der Waals surface area contributed by atoms with E-state index in [-0.39, 0.29) is 10.5 Å². The Balaban J connectivity index is 2.30. The maximum absolute atomic E-state index is 11.4. The van der Waals surface area contributed by atoms with Crippen LogP contribution in [0.2, 0.25) is 5.02 Å². The van der Waals surface area contributed by atoms with Gasteiger partial charge in [-0.25, -0.2) is 4.98 Å². The highest BCUT2D eigenvalue weighted by Gasteiger charge is 2.08. The molecular formula is C12H7BrClN3O. The summed E-state index contributed by atoms with van der Waals surface area (Å²) < 4.78 is 2.56. The topological polar surface area (TPSA) is 50.2 Å². The minimum atomic E-state index is -0.202. The van der Waals surface area contributed by atoms with Crippen LogP contribution >= 0.6 is 27.5 Å². The van der Waals surface area contributed by atoms with Gasteiger partial charge in [0.2, 0.25) is 5.43 Å². The zero-order valence-corrected chi connectivity index (χ0v) is 11.4. The van der Waals surface area contributed by atoms with Gasteiger partial charge < -0.3 is 4.98 Å². The van der Waals surface area contributed by atoms with Crippen molar-refractivity contribution in [2.45, 2.75) is 0 Å². The second-order valence-electron chi connectivity index (χ2n) is 3.76. The summed E-state index contributed by atoms with van der Waals surface area (Å²) in [5, 5.41) is 0.184. The standard InChI is InChI=1S/C12H7BrClN3O/c13-11-3-1-2-8(16-11)9-5-15-12-4-10(18)7(14)6-17(9)12/h1-6,15H. The van der Waals surface area contributed by atoms with Crippen LogP contribution in [0.5, 0.6) is 0 Å². The Hall–Kier alpha value is -1.59. The van der Waals surface area contributed by atoms with Crippen LogP contribution in [-0.4, -0.2) is 14.4 Å². The van der Waals surface area contributed by atoms with E-state index in [1.165, 1.54) is 6.07 Å². The highest BCUT2D eigenvalue weighted by atomic mass is 79.9. The maximum atomic E-state index is 11.4. The van der Waals surface area contributed by atoms with Gasteiger partial charge in [0.15, 0.2) is 0 Å². The maximum Gasteiger partial charge on any atom is 0.202 e. The first-order chi connectivity index (χ1) is 8.65. The monoisotopic (exact) mass is 323 g/mol. The second kappa shape index (κ2) is 4.26. The highest BCUT2D eigenvalue weighted by molar-refractivity contribution is 9.10. The molecule has 0 amide bonds. The van der Waals surface area contributed by atoms with E-state index in [9.17, 15) is 4.79 Å². The number of imidazole rings is 1. The Bertz CT molecular complexity index is 793. The number of H-pyrrole nitrogens is 1. The van der Waals surface area contributed by atoms with E-state index in [2.05, 4.69) is 25.9 Å². The molecule has 0 spiro atoms. The number of rotatable bonds is 1. The molecule has 0 saturated carbocycles. The molecule has 1 N–H and O–H groups in total. The molecule has 0 aliphatic carbocycles. The van der Waals surface area contributed by atoms with Gasteiger partial charge in [0.05, 0.1) is 11.4 Å². The molecule has 3 rings (SSSR count). The van der Waals surface area contributed by atoms with Crippen molar-refractivity contribution in [2.24, 2.45) is 0 Å². The molecule has 90 valence electrons. The van der Waals surface area contributed by atoms with Gasteiger partial charge in [-0.15, -0.1) is 0 Å². The van der Waals surface area contributed by atoms with Gasteiger partial charge in [-0.1, -0.05) is 17.7 Å². The van der Waals surface area contributed by atoms with Crippen LogP contribution < -0.4 is 5.43 Å². The average molecular weight is 325 g/mol. The van der Waals surface area contributed by atoms with E-state index >= 15 is 0 Å². The highest BCUT2D eigenvalue weighted by Crippen LogP contribution is 2.20. The SMILES string of the molecule is O=c1cc2[nH]cc(-c3cccc(Br)n3)n2cc1Cl. The van der Waals surface area contributed by atoms with E-state index < -0.39 is 0 Å². The van der Waals surface area contributed by atoms with Crippen LogP contribution in [0.3, 0.4) is 0 Å². The van der Waals surface area contributed by atoms with Crippen molar-refractivity contribution in [3.8, 4) is 11.4 Å². The van der Waals surface area contributed by atoms with E-state index in [4.69, 9.17) is 11.6 Å². The third-order valence-electron chi connectivity index (χ3n) is 2.60. The lowest BCUT2D eigenvalue weighted by Gasteiger charge is -2.02. The normalized spacial score (nSPS) is 11.0. The van der Waals surface area contributed by atoms with Crippen LogP contribution in [0, 0.1) is 0 Å². The molecule has 0 atom stereocenters. The van der Waals surface area contributed by atoms with E-state index in [0.29, 0.717) is 5.65 Å². The lowest BCUT2D eigenvalue weighted by Crippen LogP contribution is -2.02. The van der Waals surface area contributed by atoms with Crippen LogP contribution in [-0.2, 0) is 0 Å². The number of pyridine rings is 2. The van der Waals surface area contributed by atoms with Gasteiger partial charge >= 0.3 is 0 Å². The van der Waals surface area contributed by atoms with Crippen molar-refractivity contribution in [1.82, 2.24) is 14.4 Å². The van der Waals surface area contributed by atoms with E-state index in [1.807, 2.05) is 18.2 Å². The fraction of sp³-hybridized carbons (Fsp3) is 0. The Labute approximate surface area is 115 Å². The Kier molecular flexibility index (Phi) is 2.72. The third-order valence-corrected chi connectivity index (χ3v) is 3.32. The first-order valence-electron chi connectivity index (χ1n) is 5.17. The second-order valence-corrected chi connectivity index (χ2v) is 4.98. The van der Waals surface area contributed by atoms with Crippen LogP contribution in [0.1, 0.15) is 0 Å². The fourth-order valence-corrected chi connectivity index (χ4v) is 2.28. The summed E-state index contributed by atoms with van der Waals surface area (Å²) in [6.45, 7) is 0. The molecule has 4 nitrogen and oxygen atoms in total. The summed E-state index contributed by atoms with van der Waals surface area (Å²) in [7, 11) is 0. The summed E-state index contributed by atoms with van der Waals surface area (Å²) in [6.07, 6.45) is 3.38. The van der Waals surface area contributed by atoms with Crippen LogP contribution in [0.25, 0.3) is 17.0 Å². The summed E-state index contributed by atoms with van der Waals surface area (Å²) >= 11 is 9.19. The number of nitrogens with zero attached hydrogens (tertiary/aromatic N) is 2. The lowest BCUT2D eigenvalue weighted by atomic mass is 10.3. The summed E-state index contributed by atoms with van der Waals surface area (Å²) in [5.41, 5.74) is 2.11. The summed E-state index contributed by atoms with van der Waals surface area (Å²) in [4.78, 5) is 18.8. The number of aromatic nitrogens is 3. The van der Waals surface area contributed by atoms with Crippen molar-refractivity contribution in [3.05, 3.63) is 56.5 Å². The zero-order chi connectivity index (χ0) is 12.7. The number of hydrogen-bond donors (Lipinski definition) is 1. The van der Waals surface area contributed by atoms with Crippen molar-refractivity contribution >= 4 is 33.2 Å². The van der Waals surface area contributed by atoms with Crippen LogP contribution in [0.4, 0.5) is 0 Å². The first-order valence-corrected chi connectivity index (χ1v) is 6.34. The summed E-state index contributed by atoms with van der Waals surface area (Å²) in [5.74, 6) is 0. The van der Waals surface area contributed by atoms with E-state index in [0.717, 1.165) is 16.0 Å². The van der Waals surface area contributed by atoms with Gasteiger partial charge in [-0.3, -0.25) is 9.20 Å². The van der Waals surface area contributed by atoms with Gasteiger partial charge in [-0.05, 0) is 28.1 Å². The molecular weight excluding hydrogens is 318 g/mol. The molecule has 0 aliphatic rings. The fourth-order valence-electron chi connectivity index (χ4n) is 1.78. The molecule has 0 aliphatic heterocycles. The predicted molar refractivity (Wildman–Crippen MR) is 74.0 cm³/mol. The molecule has 3 aromatic rings. The minimum Gasteiger partial charge on any atom is -0.345 e. The first kappa shape index (κ1) is 11.5. The Morgan fingerprint density at radius 2 is 2.22 bits per heavy atom. The number of fused-ring (bicyclic) bond motifs is 1. The van der Waals surface area contributed by atoms with Crippen molar-refractivity contribution in [2.75, 3.05) is 0 Å². The molecule has 6 heteroatoms. The summed E-state index contributed by atoms with van der Waals surface area (Å²) in [6, 6.07) is 7.10. The van der Waals surface area contributed by atoms with Gasteiger partial charge in [-0.2, -0.15) is 0 Å². The molecule has 0 saturated heterocycles. The molecule has 0 unspecified atom stereocenters. The molecule has 0 bridgehead atoms. The number of nitrogens with one attached hydrogen (secondary N) is 1. The molecule has 0 aromatic carbocycles. The number of aromatic amines is 1. The predicted octanol–water partition coefficient (Wildman–Crippen LogP) is 3.11. The van der Waals surface area contributed by atoms with E-state index in [1.54, 1.807) is 16.8 Å². The Morgan fingerprint density at radius 1 is 1.39 bits per heavy atom. The smallest absolute Gasteiger partial charge is 0.202 e. The number of hydrogen-bond acceptors (Lipinski definition) is 2. The third kappa shape index (κ3) is 1.85. The quantitative estimate of drug-likeness (QED) is 0.699. The van der Waals surface area contributed by atoms with Crippen molar-refractivity contribution in [3.63, 3.8) is 0 Å². The molecule has 0 radical (unpaired) electrons. The minimum absolute atomic E-state index is 0.184. The lowest BCUT2D eigenvalue weighted by molar-refractivity contribution is 1.15. The average Bonchev–Trinajstić information content (AvgIpc) is 2.73. The molecule has 3 aromatic heterocycles. The molecule has 18 heavy (non-hydrogen) atoms. The molecule has 3 heterocycles. The largest absolute Gasteiger partial charge is 0.345 e. The Morgan fingerprint density at radius 3 is 3.00 bits per heavy atom. The van der Waals surface area contributed by atoms with Gasteiger partial charge in [0, 0.05) is 18.5 Å².